The molecule has 1 heterocycles. The number of rotatable bonds is 4. The normalized spacial score (nSPS) is 11.2. The summed E-state index contributed by atoms with van der Waals surface area (Å²) >= 11 is 2.36. The van der Waals surface area contributed by atoms with Gasteiger partial charge in [-0.2, -0.15) is 0 Å². The van der Waals surface area contributed by atoms with Crippen LogP contribution < -0.4 is 5.32 Å². The van der Waals surface area contributed by atoms with Gasteiger partial charge in [0.1, 0.15) is 0 Å². The quantitative estimate of drug-likeness (QED) is 0.820. The number of pyridine rings is 1. The second kappa shape index (κ2) is 5.87. The fourth-order valence-corrected chi connectivity index (χ4v) is 2.74. The van der Waals surface area contributed by atoms with E-state index >= 15 is 0 Å². The van der Waals surface area contributed by atoms with Crippen molar-refractivity contribution in [2.45, 2.75) is 27.2 Å². The number of hydrogen-bond donors (Lipinski definition) is 1. The maximum absolute atomic E-state index is 4.81. The highest BCUT2D eigenvalue weighted by Crippen LogP contribution is 2.27. The Hall–Kier alpha value is -0.840. The van der Waals surface area contributed by atoms with Crippen molar-refractivity contribution in [3.63, 3.8) is 0 Å². The summed E-state index contributed by atoms with van der Waals surface area (Å²) in [6.45, 7) is 7.53. The average molecular weight is 354 g/mol. The molecule has 0 fully saturated rings. The molecule has 2 aromatic rings. The summed E-state index contributed by atoms with van der Waals surface area (Å²) in [7, 11) is 0. The van der Waals surface area contributed by atoms with Crippen LogP contribution in [0, 0.1) is 9.49 Å². The summed E-state index contributed by atoms with van der Waals surface area (Å²) in [5.74, 6) is 0.630. The van der Waals surface area contributed by atoms with Gasteiger partial charge in [0.15, 0.2) is 0 Å². The number of halogens is 1. The first-order valence-electron chi connectivity index (χ1n) is 6.43. The molecular formula is C15H19IN2. The van der Waals surface area contributed by atoms with Crippen LogP contribution in [0.25, 0.3) is 10.9 Å². The maximum atomic E-state index is 4.81. The Balaban J connectivity index is 2.59. The molecule has 3 heteroatoms. The van der Waals surface area contributed by atoms with E-state index in [4.69, 9.17) is 4.98 Å². The van der Waals surface area contributed by atoms with Gasteiger partial charge in [0.05, 0.1) is 5.52 Å². The van der Waals surface area contributed by atoms with Crippen LogP contribution in [0.4, 0.5) is 5.69 Å². The van der Waals surface area contributed by atoms with E-state index in [2.05, 4.69) is 72.9 Å². The van der Waals surface area contributed by atoms with Gasteiger partial charge in [-0.3, -0.25) is 4.98 Å². The summed E-state index contributed by atoms with van der Waals surface area (Å²) < 4.78 is 1.22. The van der Waals surface area contributed by atoms with Crippen LogP contribution in [0.2, 0.25) is 0 Å². The lowest BCUT2D eigenvalue weighted by molar-refractivity contribution is 0.637. The van der Waals surface area contributed by atoms with E-state index in [0.29, 0.717) is 5.92 Å². The number of benzene rings is 1. The molecule has 2 nitrogen and oxygen atoms in total. The van der Waals surface area contributed by atoms with Crippen molar-refractivity contribution >= 4 is 39.2 Å². The molecule has 96 valence electrons. The van der Waals surface area contributed by atoms with Gasteiger partial charge in [-0.25, -0.2) is 0 Å². The van der Waals surface area contributed by atoms with E-state index in [9.17, 15) is 0 Å². The second-order valence-electron chi connectivity index (χ2n) is 4.93. The zero-order valence-corrected chi connectivity index (χ0v) is 13.3. The molecule has 0 aliphatic carbocycles. The molecule has 1 aromatic carbocycles. The van der Waals surface area contributed by atoms with Crippen LogP contribution in [-0.4, -0.2) is 11.5 Å². The van der Waals surface area contributed by atoms with Gasteiger partial charge in [0.2, 0.25) is 0 Å². The predicted octanol–water partition coefficient (Wildman–Crippen LogP) is 4.47. The van der Waals surface area contributed by atoms with Gasteiger partial charge >= 0.3 is 0 Å². The molecule has 0 atom stereocenters. The molecular weight excluding hydrogens is 335 g/mol. The van der Waals surface area contributed by atoms with E-state index in [1.54, 1.807) is 0 Å². The second-order valence-corrected chi connectivity index (χ2v) is 6.09. The lowest BCUT2D eigenvalue weighted by atomic mass is 10.1. The van der Waals surface area contributed by atoms with Crippen LogP contribution in [0.5, 0.6) is 0 Å². The number of nitrogens with one attached hydrogen (secondary N) is 1. The molecule has 0 aliphatic rings. The maximum Gasteiger partial charge on any atom is 0.0859 e. The predicted molar refractivity (Wildman–Crippen MR) is 87.2 cm³/mol. The highest BCUT2D eigenvalue weighted by atomic mass is 127. The molecule has 0 saturated carbocycles. The number of aromatic nitrogens is 1. The zero-order chi connectivity index (χ0) is 13.1. The fraction of sp³-hybridized carbons (Fsp3) is 0.400. The van der Waals surface area contributed by atoms with E-state index in [1.807, 2.05) is 0 Å². The van der Waals surface area contributed by atoms with Gasteiger partial charge in [0, 0.05) is 26.9 Å². The van der Waals surface area contributed by atoms with Crippen LogP contribution in [-0.2, 0) is 6.42 Å². The summed E-state index contributed by atoms with van der Waals surface area (Å²) in [4.78, 5) is 4.81. The number of anilines is 1. The Morgan fingerprint density at radius 2 is 2.11 bits per heavy atom. The summed E-state index contributed by atoms with van der Waals surface area (Å²) in [6.07, 6.45) is 1.03. The topological polar surface area (TPSA) is 24.9 Å². The van der Waals surface area contributed by atoms with Crippen molar-refractivity contribution in [1.82, 2.24) is 4.98 Å². The molecule has 0 aliphatic heterocycles. The van der Waals surface area contributed by atoms with Crippen LogP contribution in [0.3, 0.4) is 0 Å². The van der Waals surface area contributed by atoms with Crippen molar-refractivity contribution < 1.29 is 0 Å². The van der Waals surface area contributed by atoms with Gasteiger partial charge < -0.3 is 5.32 Å². The Kier molecular flexibility index (Phi) is 4.43. The molecule has 0 spiro atoms. The first kappa shape index (κ1) is 13.6. The standard InChI is InChI=1S/C15H19IN2/c1-4-17-14-9-11(8-10(2)3)18-15-12(14)6-5-7-13(15)16/h5-7,9-10H,4,8H2,1-3H3,(H,17,18). The minimum absolute atomic E-state index is 0.630. The van der Waals surface area contributed by atoms with Crippen LogP contribution in [0.15, 0.2) is 24.3 Å². The molecule has 1 N–H and O–H groups in total. The van der Waals surface area contributed by atoms with Gasteiger partial charge in [0.25, 0.3) is 0 Å². The van der Waals surface area contributed by atoms with E-state index in [-0.39, 0.29) is 0 Å². The number of para-hydroxylation sites is 1. The molecule has 0 unspecified atom stereocenters. The van der Waals surface area contributed by atoms with Crippen LogP contribution in [0.1, 0.15) is 26.5 Å². The van der Waals surface area contributed by atoms with Crippen molar-refractivity contribution in [2.75, 3.05) is 11.9 Å². The lowest BCUT2D eigenvalue weighted by Gasteiger charge is -2.12. The SMILES string of the molecule is CCNc1cc(CC(C)C)nc2c(I)cccc12. The molecule has 0 bridgehead atoms. The fourth-order valence-electron chi connectivity index (χ4n) is 2.13. The molecule has 0 amide bonds. The highest BCUT2D eigenvalue weighted by Gasteiger charge is 2.08. The first-order valence-corrected chi connectivity index (χ1v) is 7.51. The first-order chi connectivity index (χ1) is 8.61. The Morgan fingerprint density at radius 1 is 1.33 bits per heavy atom. The van der Waals surface area contributed by atoms with Crippen LogP contribution >= 0.6 is 22.6 Å². The van der Waals surface area contributed by atoms with Crippen molar-refractivity contribution in [2.24, 2.45) is 5.92 Å². The third kappa shape index (κ3) is 2.94. The molecule has 18 heavy (non-hydrogen) atoms. The number of hydrogen-bond acceptors (Lipinski definition) is 2. The summed E-state index contributed by atoms with van der Waals surface area (Å²) in [5, 5.41) is 4.67. The number of nitrogens with zero attached hydrogens (tertiary/aromatic N) is 1. The van der Waals surface area contributed by atoms with Crippen molar-refractivity contribution in [1.29, 1.82) is 0 Å². The van der Waals surface area contributed by atoms with Gasteiger partial charge in [-0.15, -0.1) is 0 Å². The lowest BCUT2D eigenvalue weighted by Crippen LogP contribution is -2.03. The minimum atomic E-state index is 0.630. The molecule has 0 saturated heterocycles. The summed E-state index contributed by atoms with van der Waals surface area (Å²) in [6, 6.07) is 8.54. The van der Waals surface area contributed by atoms with Crippen molar-refractivity contribution in [3.05, 3.63) is 33.5 Å². The molecule has 0 radical (unpaired) electrons. The number of fused-ring (bicyclic) bond motifs is 1. The van der Waals surface area contributed by atoms with E-state index in [1.165, 1.54) is 20.3 Å². The van der Waals surface area contributed by atoms with Crippen molar-refractivity contribution in [3.8, 4) is 0 Å². The molecule has 1 aromatic heterocycles. The third-order valence-corrected chi connectivity index (χ3v) is 3.70. The van der Waals surface area contributed by atoms with E-state index in [0.717, 1.165) is 18.5 Å². The monoisotopic (exact) mass is 354 g/mol. The Labute approximate surface area is 122 Å². The Morgan fingerprint density at radius 3 is 2.78 bits per heavy atom. The zero-order valence-electron chi connectivity index (χ0n) is 11.1. The third-order valence-electron chi connectivity index (χ3n) is 2.83. The van der Waals surface area contributed by atoms with E-state index < -0.39 is 0 Å². The van der Waals surface area contributed by atoms with Gasteiger partial charge in [-0.05, 0) is 54.0 Å². The average Bonchev–Trinajstić information content (AvgIpc) is 2.30. The minimum Gasteiger partial charge on any atom is -0.385 e. The Bertz CT molecular complexity index is 549. The largest absolute Gasteiger partial charge is 0.385 e. The van der Waals surface area contributed by atoms with Gasteiger partial charge in [-0.1, -0.05) is 26.0 Å². The summed E-state index contributed by atoms with van der Waals surface area (Å²) in [5.41, 5.74) is 3.50. The smallest absolute Gasteiger partial charge is 0.0859 e. The molecule has 2 rings (SSSR count). The highest BCUT2D eigenvalue weighted by molar-refractivity contribution is 14.1.